The van der Waals surface area contributed by atoms with E-state index in [9.17, 15) is 9.18 Å². The summed E-state index contributed by atoms with van der Waals surface area (Å²) >= 11 is 0. The number of aromatic nitrogens is 1. The van der Waals surface area contributed by atoms with Crippen molar-refractivity contribution in [3.63, 3.8) is 0 Å². The van der Waals surface area contributed by atoms with Gasteiger partial charge in [0.15, 0.2) is 6.29 Å². The van der Waals surface area contributed by atoms with Crippen LogP contribution in [-0.2, 0) is 27.4 Å². The van der Waals surface area contributed by atoms with Gasteiger partial charge in [0.05, 0.1) is 36.7 Å². The Labute approximate surface area is 294 Å². The standard InChI is InChI=1S/C43H45FN2O4/c1-4-26-48-38-28-37(49-29-31-14-8-5-9-15-31)27-36(50-38)24-25-46-41(30(2)3)40(43(47)45-35-18-12-7-13-19-35)39(32-16-10-6-11-17-32)42(46)33-20-22-34(44)23-21-33/h4-23,30,36-38H,1,24-29H2,2-3H3,(H,45,47)/t36?,37-,38?/m1/s1. The zero-order valence-corrected chi connectivity index (χ0v) is 28.8. The van der Waals surface area contributed by atoms with Gasteiger partial charge in [-0.25, -0.2) is 4.39 Å². The number of amides is 1. The van der Waals surface area contributed by atoms with Gasteiger partial charge < -0.3 is 24.1 Å². The van der Waals surface area contributed by atoms with Crippen molar-refractivity contribution in [2.75, 3.05) is 11.9 Å². The molecule has 2 heterocycles. The van der Waals surface area contributed by atoms with E-state index in [0.29, 0.717) is 50.3 Å². The summed E-state index contributed by atoms with van der Waals surface area (Å²) in [4.78, 5) is 14.4. The van der Waals surface area contributed by atoms with Crippen molar-refractivity contribution in [3.05, 3.63) is 151 Å². The summed E-state index contributed by atoms with van der Waals surface area (Å²) in [5, 5.41) is 3.15. The SMILES string of the molecule is C=CCOC1C[C@H](OCc2ccccc2)CC(CCn2c(-c3ccc(F)cc3)c(-c3ccccc3)c(C(=O)Nc3ccccc3)c2C(C)C)O1. The van der Waals surface area contributed by atoms with Crippen molar-refractivity contribution >= 4 is 11.6 Å². The minimum Gasteiger partial charge on any atom is -0.373 e. The molecule has 1 amide bonds. The van der Waals surface area contributed by atoms with Gasteiger partial charge in [0.2, 0.25) is 0 Å². The van der Waals surface area contributed by atoms with E-state index in [1.165, 1.54) is 12.1 Å². The van der Waals surface area contributed by atoms with Gasteiger partial charge in [0.1, 0.15) is 5.82 Å². The van der Waals surface area contributed by atoms with E-state index in [-0.39, 0.29) is 29.9 Å². The fourth-order valence-corrected chi connectivity index (χ4v) is 6.80. The third-order valence-electron chi connectivity index (χ3n) is 9.02. The lowest BCUT2D eigenvalue weighted by atomic mass is 9.94. The van der Waals surface area contributed by atoms with Crippen LogP contribution in [-0.4, -0.2) is 35.6 Å². The Kier molecular flexibility index (Phi) is 11.7. The highest BCUT2D eigenvalue weighted by atomic mass is 19.1. The number of hydrogen-bond acceptors (Lipinski definition) is 4. The highest BCUT2D eigenvalue weighted by Crippen LogP contribution is 2.43. The second-order valence-corrected chi connectivity index (χ2v) is 13.0. The smallest absolute Gasteiger partial charge is 0.258 e. The molecule has 5 aromatic rings. The van der Waals surface area contributed by atoms with Crippen LogP contribution < -0.4 is 5.32 Å². The number of para-hydroxylation sites is 1. The first-order chi connectivity index (χ1) is 24.4. The van der Waals surface area contributed by atoms with Crippen molar-refractivity contribution in [1.29, 1.82) is 0 Å². The van der Waals surface area contributed by atoms with Crippen molar-refractivity contribution in [2.24, 2.45) is 0 Å². The molecule has 0 aliphatic carbocycles. The fraction of sp³-hybridized carbons (Fsp3) is 0.279. The molecule has 6 rings (SSSR count). The predicted octanol–water partition coefficient (Wildman–Crippen LogP) is 10.0. The third-order valence-corrected chi connectivity index (χ3v) is 9.02. The Morgan fingerprint density at radius 3 is 2.22 bits per heavy atom. The summed E-state index contributed by atoms with van der Waals surface area (Å²) in [6.07, 6.45) is 3.06. The summed E-state index contributed by atoms with van der Waals surface area (Å²) in [5.74, 6) is -0.523. The summed E-state index contributed by atoms with van der Waals surface area (Å²) < 4.78 is 35.5. The molecule has 1 fully saturated rings. The normalized spacial score (nSPS) is 17.5. The number of hydrogen-bond donors (Lipinski definition) is 1. The highest BCUT2D eigenvalue weighted by molar-refractivity contribution is 6.12. The van der Waals surface area contributed by atoms with Crippen LogP contribution in [0, 0.1) is 5.82 Å². The van der Waals surface area contributed by atoms with Crippen molar-refractivity contribution in [2.45, 2.75) is 70.7 Å². The highest BCUT2D eigenvalue weighted by Gasteiger charge is 2.34. The average Bonchev–Trinajstić information content (AvgIpc) is 3.49. The molecule has 7 heteroatoms. The van der Waals surface area contributed by atoms with Gasteiger partial charge in [-0.1, -0.05) is 98.8 Å². The minimum absolute atomic E-state index is 0.0129. The number of nitrogens with zero attached hydrogens (tertiary/aromatic N) is 1. The van der Waals surface area contributed by atoms with Crippen LogP contribution in [0.15, 0.2) is 128 Å². The molecule has 1 N–H and O–H groups in total. The van der Waals surface area contributed by atoms with E-state index in [2.05, 4.69) is 42.4 Å². The maximum Gasteiger partial charge on any atom is 0.258 e. The van der Waals surface area contributed by atoms with Gasteiger partial charge >= 0.3 is 0 Å². The first kappa shape index (κ1) is 35.0. The van der Waals surface area contributed by atoms with E-state index in [4.69, 9.17) is 14.2 Å². The molecule has 0 bridgehead atoms. The predicted molar refractivity (Wildman–Crippen MR) is 197 cm³/mol. The fourth-order valence-electron chi connectivity index (χ4n) is 6.80. The number of halogens is 1. The maximum atomic E-state index is 14.4. The van der Waals surface area contributed by atoms with Gasteiger partial charge in [0, 0.05) is 36.3 Å². The maximum absolute atomic E-state index is 14.4. The van der Waals surface area contributed by atoms with Crippen LogP contribution in [0.5, 0.6) is 0 Å². The summed E-state index contributed by atoms with van der Waals surface area (Å²) in [6.45, 7) is 9.48. The Morgan fingerprint density at radius 1 is 0.900 bits per heavy atom. The molecular formula is C43H45FN2O4. The largest absolute Gasteiger partial charge is 0.373 e. The molecule has 1 aliphatic rings. The third kappa shape index (κ3) is 8.48. The van der Waals surface area contributed by atoms with Gasteiger partial charge in [-0.2, -0.15) is 0 Å². The summed E-state index contributed by atoms with van der Waals surface area (Å²) in [5.41, 5.74) is 6.76. The molecule has 4 aromatic carbocycles. The van der Waals surface area contributed by atoms with Crippen molar-refractivity contribution in [1.82, 2.24) is 4.57 Å². The first-order valence-electron chi connectivity index (χ1n) is 17.4. The van der Waals surface area contributed by atoms with Crippen LogP contribution in [0.3, 0.4) is 0 Å². The topological polar surface area (TPSA) is 61.7 Å². The van der Waals surface area contributed by atoms with Gasteiger partial charge in [-0.05, 0) is 65.4 Å². The molecule has 2 unspecified atom stereocenters. The van der Waals surface area contributed by atoms with Gasteiger partial charge in [0.25, 0.3) is 5.91 Å². The van der Waals surface area contributed by atoms with Crippen molar-refractivity contribution < 1.29 is 23.4 Å². The number of anilines is 1. The molecule has 1 saturated heterocycles. The lowest BCUT2D eigenvalue weighted by molar-refractivity contribution is -0.220. The Hall–Kier alpha value is -4.82. The average molecular weight is 673 g/mol. The van der Waals surface area contributed by atoms with E-state index in [1.54, 1.807) is 18.2 Å². The molecule has 0 saturated carbocycles. The molecule has 0 spiro atoms. The molecule has 0 radical (unpaired) electrons. The molecule has 3 atom stereocenters. The Morgan fingerprint density at radius 2 is 1.56 bits per heavy atom. The van der Waals surface area contributed by atoms with E-state index < -0.39 is 6.29 Å². The molecule has 6 nitrogen and oxygen atoms in total. The van der Waals surface area contributed by atoms with Crippen LogP contribution >= 0.6 is 0 Å². The Balaban J connectivity index is 1.40. The lowest BCUT2D eigenvalue weighted by Gasteiger charge is -2.35. The monoisotopic (exact) mass is 672 g/mol. The van der Waals surface area contributed by atoms with Crippen LogP contribution in [0.4, 0.5) is 10.1 Å². The van der Waals surface area contributed by atoms with Crippen molar-refractivity contribution in [3.8, 4) is 22.4 Å². The van der Waals surface area contributed by atoms with Crippen LogP contribution in [0.2, 0.25) is 0 Å². The first-order valence-corrected chi connectivity index (χ1v) is 17.4. The molecule has 1 aliphatic heterocycles. The van der Waals surface area contributed by atoms with E-state index in [1.807, 2.05) is 78.9 Å². The zero-order chi connectivity index (χ0) is 34.9. The van der Waals surface area contributed by atoms with Gasteiger partial charge in [-0.15, -0.1) is 6.58 Å². The summed E-state index contributed by atoms with van der Waals surface area (Å²) in [7, 11) is 0. The Bertz CT molecular complexity index is 1840. The van der Waals surface area contributed by atoms with Crippen LogP contribution in [0.25, 0.3) is 22.4 Å². The number of carbonyl (C=O) groups excluding carboxylic acids is 1. The minimum atomic E-state index is -0.426. The molecule has 258 valence electrons. The number of ether oxygens (including phenoxy) is 3. The zero-order valence-electron chi connectivity index (χ0n) is 28.8. The lowest BCUT2D eigenvalue weighted by Crippen LogP contribution is -2.39. The van der Waals surface area contributed by atoms with E-state index in [0.717, 1.165) is 33.6 Å². The van der Waals surface area contributed by atoms with E-state index >= 15 is 0 Å². The molecule has 1 aromatic heterocycles. The summed E-state index contributed by atoms with van der Waals surface area (Å²) in [6, 6.07) is 36.1. The number of rotatable bonds is 14. The van der Waals surface area contributed by atoms with Crippen LogP contribution in [0.1, 0.15) is 60.6 Å². The van der Waals surface area contributed by atoms with Gasteiger partial charge in [-0.3, -0.25) is 4.79 Å². The second kappa shape index (κ2) is 16.7. The molecule has 50 heavy (non-hydrogen) atoms. The molecular weight excluding hydrogens is 627 g/mol. The number of carbonyl (C=O) groups is 1. The quantitative estimate of drug-likeness (QED) is 0.119. The number of benzene rings is 4. The second-order valence-electron chi connectivity index (χ2n) is 13.0. The number of nitrogens with one attached hydrogen (secondary N) is 1.